The first-order valence-corrected chi connectivity index (χ1v) is 8.12. The van der Waals surface area contributed by atoms with Crippen molar-refractivity contribution in [1.29, 1.82) is 0 Å². The summed E-state index contributed by atoms with van der Waals surface area (Å²) in [6, 6.07) is 0. The van der Waals surface area contributed by atoms with Gasteiger partial charge in [-0.2, -0.15) is 0 Å². The number of esters is 1. The Kier molecular flexibility index (Phi) is 19.7. The van der Waals surface area contributed by atoms with Gasteiger partial charge in [0, 0.05) is 0 Å². The quantitative estimate of drug-likeness (QED) is 0.196. The van der Waals surface area contributed by atoms with Crippen LogP contribution >= 0.6 is 0 Å². The molecule has 0 aromatic heterocycles. The van der Waals surface area contributed by atoms with Gasteiger partial charge in [-0.3, -0.25) is 4.79 Å². The molecule has 0 unspecified atom stereocenters. The van der Waals surface area contributed by atoms with E-state index in [1.165, 1.54) is 44.9 Å². The van der Waals surface area contributed by atoms with E-state index in [1.54, 1.807) is 0 Å². The Hall–Kier alpha value is 0.316. The minimum Gasteiger partial charge on any atom is -0.545 e. The van der Waals surface area contributed by atoms with Gasteiger partial charge in [0.15, 0.2) is 0 Å². The fraction of sp³-hybridized carbons (Fsp3) is 0.765. The third-order valence-corrected chi connectivity index (χ3v) is 3.41. The van der Waals surface area contributed by atoms with Crippen LogP contribution in [0.25, 0.3) is 0 Å². The molecule has 5 heteroatoms. The fourth-order valence-corrected chi connectivity index (χ4v) is 2.07. The minimum absolute atomic E-state index is 0. The van der Waals surface area contributed by atoms with Gasteiger partial charge in [0.2, 0.25) is 0 Å². The van der Waals surface area contributed by atoms with E-state index in [2.05, 4.69) is 13.5 Å². The number of carbonyl (C=O) groups is 2. The van der Waals surface area contributed by atoms with Crippen molar-refractivity contribution in [3.63, 3.8) is 0 Å². The van der Waals surface area contributed by atoms with E-state index < -0.39 is 11.9 Å². The first kappa shape index (κ1) is 24.6. The van der Waals surface area contributed by atoms with Crippen LogP contribution in [0, 0.1) is 0 Å². The number of rotatable bonds is 14. The van der Waals surface area contributed by atoms with Gasteiger partial charge in [-0.1, -0.05) is 71.3 Å². The van der Waals surface area contributed by atoms with Crippen molar-refractivity contribution in [2.75, 3.05) is 6.61 Å². The molecule has 0 heterocycles. The molecule has 0 radical (unpaired) electrons. The average molecular weight is 337 g/mol. The summed E-state index contributed by atoms with van der Waals surface area (Å²) < 4.78 is 4.94. The smallest absolute Gasteiger partial charge is 0.545 e. The molecule has 0 aromatic carbocycles. The zero-order valence-corrected chi connectivity index (χ0v) is 17.4. The summed E-state index contributed by atoms with van der Waals surface area (Å²) in [6.07, 6.45) is 11.9. The van der Waals surface area contributed by atoms with Crippen LogP contribution in [0.5, 0.6) is 0 Å². The monoisotopic (exact) mass is 336 g/mol. The number of hydrogen-bond donors (Lipinski definition) is 0. The number of aliphatic carboxylic acids is 1. The van der Waals surface area contributed by atoms with E-state index in [0.717, 1.165) is 19.3 Å². The average Bonchev–Trinajstić information content (AvgIpc) is 2.44. The summed E-state index contributed by atoms with van der Waals surface area (Å²) in [5.74, 6) is -1.94. The Bertz CT molecular complexity index is 316. The van der Waals surface area contributed by atoms with Crippen LogP contribution in [0.4, 0.5) is 0 Å². The first-order valence-electron chi connectivity index (χ1n) is 8.12. The predicted molar refractivity (Wildman–Crippen MR) is 81.6 cm³/mol. The van der Waals surface area contributed by atoms with Gasteiger partial charge in [-0.05, 0) is 12.0 Å². The molecule has 0 aliphatic rings. The van der Waals surface area contributed by atoms with Crippen molar-refractivity contribution in [3.8, 4) is 0 Å². The molecular weight excluding hydrogens is 307 g/mol. The molecule has 0 saturated carbocycles. The molecule has 0 amide bonds. The molecular formula is C17H29KO4. The van der Waals surface area contributed by atoms with Crippen LogP contribution in [0.2, 0.25) is 0 Å². The molecule has 4 nitrogen and oxygen atoms in total. The number of carbonyl (C=O) groups excluding carboxylic acids is 2. The summed E-state index contributed by atoms with van der Waals surface area (Å²) in [5, 5.41) is 10.4. The maximum Gasteiger partial charge on any atom is 1.00 e. The molecule has 0 fully saturated rings. The molecule has 0 N–H and O–H groups in total. The second-order valence-electron chi connectivity index (χ2n) is 5.47. The van der Waals surface area contributed by atoms with Crippen molar-refractivity contribution in [2.24, 2.45) is 0 Å². The van der Waals surface area contributed by atoms with Gasteiger partial charge < -0.3 is 14.6 Å². The van der Waals surface area contributed by atoms with Crippen LogP contribution in [0.15, 0.2) is 12.2 Å². The minimum atomic E-state index is -1.40. The zero-order chi connectivity index (χ0) is 15.9. The predicted octanol–water partition coefficient (Wildman–Crippen LogP) is 0.151. The van der Waals surface area contributed by atoms with Gasteiger partial charge in [0.05, 0.1) is 19.0 Å². The standard InChI is InChI=1S/C17H30O4.K/c1-3-4-5-6-7-8-9-10-11-12-13-21-16(18)14-15(2)17(19)20;/h2-14H2,1H3,(H,19,20);/q;+1/p-1. The Labute approximate surface area is 177 Å². The Morgan fingerprint density at radius 2 is 1.36 bits per heavy atom. The van der Waals surface area contributed by atoms with Gasteiger partial charge in [0.25, 0.3) is 0 Å². The van der Waals surface area contributed by atoms with Gasteiger partial charge in [0.1, 0.15) is 0 Å². The number of unbranched alkanes of at least 4 members (excludes halogenated alkanes) is 9. The fourth-order valence-electron chi connectivity index (χ4n) is 2.07. The maximum absolute atomic E-state index is 11.2. The Morgan fingerprint density at radius 1 is 0.909 bits per heavy atom. The molecule has 0 spiro atoms. The number of carboxylic acid groups (broad SMARTS) is 1. The molecule has 0 rings (SSSR count). The van der Waals surface area contributed by atoms with Crippen LogP contribution in [-0.4, -0.2) is 18.5 Å². The van der Waals surface area contributed by atoms with Crippen LogP contribution in [0.1, 0.15) is 77.6 Å². The van der Waals surface area contributed by atoms with E-state index in [-0.39, 0.29) is 63.4 Å². The molecule has 0 aliphatic carbocycles. The summed E-state index contributed by atoms with van der Waals surface area (Å²) in [4.78, 5) is 21.6. The molecule has 0 bridgehead atoms. The van der Waals surface area contributed by atoms with E-state index in [1.807, 2.05) is 0 Å². The molecule has 22 heavy (non-hydrogen) atoms. The second-order valence-corrected chi connectivity index (χ2v) is 5.47. The van der Waals surface area contributed by atoms with Crippen LogP contribution in [0.3, 0.4) is 0 Å². The van der Waals surface area contributed by atoms with E-state index >= 15 is 0 Å². The SMILES string of the molecule is C=C(CC(=O)OCCCCCCCCCCCC)C(=O)[O-].[K+]. The molecule has 0 saturated heterocycles. The zero-order valence-electron chi connectivity index (χ0n) is 14.3. The molecule has 0 aliphatic heterocycles. The Balaban J connectivity index is 0. The molecule has 0 aromatic rings. The van der Waals surface area contributed by atoms with E-state index in [0.29, 0.717) is 6.61 Å². The topological polar surface area (TPSA) is 66.4 Å². The summed E-state index contributed by atoms with van der Waals surface area (Å²) in [5.41, 5.74) is -0.233. The number of carboxylic acids is 1. The van der Waals surface area contributed by atoms with Crippen molar-refractivity contribution < 1.29 is 70.8 Å². The van der Waals surface area contributed by atoms with Crippen molar-refractivity contribution in [3.05, 3.63) is 12.2 Å². The summed E-state index contributed by atoms with van der Waals surface area (Å²) in [6.45, 7) is 5.82. The maximum atomic E-state index is 11.2. The normalized spacial score (nSPS) is 9.86. The van der Waals surface area contributed by atoms with E-state index in [4.69, 9.17) is 4.74 Å². The second kappa shape index (κ2) is 17.7. The molecule has 122 valence electrons. The van der Waals surface area contributed by atoms with Gasteiger partial charge in [-0.15, -0.1) is 0 Å². The number of hydrogen-bond acceptors (Lipinski definition) is 4. The third-order valence-electron chi connectivity index (χ3n) is 3.41. The van der Waals surface area contributed by atoms with Gasteiger partial charge in [-0.25, -0.2) is 0 Å². The molecule has 0 atom stereocenters. The van der Waals surface area contributed by atoms with Crippen molar-refractivity contribution in [2.45, 2.75) is 77.6 Å². The summed E-state index contributed by atoms with van der Waals surface area (Å²) in [7, 11) is 0. The number of ether oxygens (including phenoxy) is 1. The first-order chi connectivity index (χ1) is 10.1. The van der Waals surface area contributed by atoms with E-state index in [9.17, 15) is 14.7 Å². The van der Waals surface area contributed by atoms with Crippen LogP contribution < -0.4 is 56.5 Å². The Morgan fingerprint density at radius 3 is 1.82 bits per heavy atom. The van der Waals surface area contributed by atoms with Crippen LogP contribution in [-0.2, 0) is 14.3 Å². The largest absolute Gasteiger partial charge is 1.00 e. The summed E-state index contributed by atoms with van der Waals surface area (Å²) >= 11 is 0. The van der Waals surface area contributed by atoms with Crippen molar-refractivity contribution in [1.82, 2.24) is 0 Å². The van der Waals surface area contributed by atoms with Crippen molar-refractivity contribution >= 4 is 11.9 Å². The van der Waals surface area contributed by atoms with Gasteiger partial charge >= 0.3 is 57.4 Å². The third kappa shape index (κ3) is 16.7.